The lowest BCUT2D eigenvalue weighted by molar-refractivity contribution is 0.0697. The molecule has 0 unspecified atom stereocenters. The van der Waals surface area contributed by atoms with Crippen molar-refractivity contribution in [3.63, 3.8) is 0 Å². The van der Waals surface area contributed by atoms with Crippen molar-refractivity contribution in [2.24, 2.45) is 7.05 Å². The molecule has 1 aliphatic rings. The summed E-state index contributed by atoms with van der Waals surface area (Å²) in [5.41, 5.74) is 1.42. The quantitative estimate of drug-likeness (QED) is 0.908. The van der Waals surface area contributed by atoms with Gasteiger partial charge >= 0.3 is 5.97 Å². The summed E-state index contributed by atoms with van der Waals surface area (Å²) in [5.74, 6) is -0.294. The molecule has 1 aromatic carbocycles. The molecule has 1 aliphatic carbocycles. The average Bonchev–Trinajstić information content (AvgIpc) is 3.18. The normalized spacial score (nSPS) is 14.8. The van der Waals surface area contributed by atoms with Gasteiger partial charge in [0, 0.05) is 24.6 Å². The zero-order valence-corrected chi connectivity index (χ0v) is 13.0. The van der Waals surface area contributed by atoms with Crippen LogP contribution in [0.4, 0.5) is 5.82 Å². The summed E-state index contributed by atoms with van der Waals surface area (Å²) in [7, 11) is 1.79. The molecule has 1 saturated carbocycles. The van der Waals surface area contributed by atoms with Crippen molar-refractivity contribution in [3.05, 3.63) is 47.2 Å². The van der Waals surface area contributed by atoms with Gasteiger partial charge in [-0.25, -0.2) is 4.79 Å². The van der Waals surface area contributed by atoms with Crippen LogP contribution < -0.4 is 5.32 Å². The second-order valence-corrected chi connectivity index (χ2v) is 5.90. The van der Waals surface area contributed by atoms with Gasteiger partial charge in [-0.3, -0.25) is 9.48 Å². The highest BCUT2D eigenvalue weighted by atomic mass is 16.4. The van der Waals surface area contributed by atoms with Crippen LogP contribution in [0.3, 0.4) is 0 Å². The van der Waals surface area contributed by atoms with Gasteiger partial charge in [-0.1, -0.05) is 18.9 Å². The minimum Gasteiger partial charge on any atom is -0.478 e. The molecular formula is C17H19N3O3. The van der Waals surface area contributed by atoms with Crippen LogP contribution >= 0.6 is 0 Å². The molecule has 0 aliphatic heterocycles. The SMILES string of the molecule is Cn1nc(C2CCCC2)cc1NC(=O)c1cccc(C(=O)O)c1. The van der Waals surface area contributed by atoms with E-state index in [0.29, 0.717) is 17.3 Å². The Hall–Kier alpha value is -2.63. The number of rotatable bonds is 4. The van der Waals surface area contributed by atoms with Crippen LogP contribution in [0.1, 0.15) is 58.0 Å². The van der Waals surface area contributed by atoms with Gasteiger partial charge in [-0.05, 0) is 31.0 Å². The van der Waals surface area contributed by atoms with Gasteiger partial charge in [0.05, 0.1) is 11.3 Å². The number of hydrogen-bond acceptors (Lipinski definition) is 3. The van der Waals surface area contributed by atoms with Crippen molar-refractivity contribution in [1.82, 2.24) is 9.78 Å². The summed E-state index contributed by atoms with van der Waals surface area (Å²) in [5, 5.41) is 16.3. The van der Waals surface area contributed by atoms with Crippen LogP contribution in [0, 0.1) is 0 Å². The number of aromatic carboxylic acids is 1. The van der Waals surface area contributed by atoms with Crippen molar-refractivity contribution in [1.29, 1.82) is 0 Å². The van der Waals surface area contributed by atoms with Crippen molar-refractivity contribution in [3.8, 4) is 0 Å². The fourth-order valence-corrected chi connectivity index (χ4v) is 3.01. The maximum atomic E-state index is 12.3. The van der Waals surface area contributed by atoms with Crippen LogP contribution in [-0.4, -0.2) is 26.8 Å². The third-order valence-electron chi connectivity index (χ3n) is 4.29. The second kappa shape index (κ2) is 6.24. The lowest BCUT2D eigenvalue weighted by Crippen LogP contribution is -2.15. The Morgan fingerprint density at radius 2 is 1.91 bits per heavy atom. The first-order chi connectivity index (χ1) is 11.0. The number of carboxylic acids is 1. The first kappa shape index (κ1) is 15.3. The molecular weight excluding hydrogens is 294 g/mol. The number of aryl methyl sites for hydroxylation is 1. The standard InChI is InChI=1S/C17H19N3O3/c1-20-15(10-14(19-20)11-5-2-3-6-11)18-16(21)12-7-4-8-13(9-12)17(22)23/h4,7-11H,2-3,5-6H2,1H3,(H,18,21)(H,22,23). The van der Waals surface area contributed by atoms with E-state index in [9.17, 15) is 9.59 Å². The second-order valence-electron chi connectivity index (χ2n) is 5.90. The van der Waals surface area contributed by atoms with Crippen molar-refractivity contribution >= 4 is 17.7 Å². The number of carboxylic acid groups (broad SMARTS) is 1. The van der Waals surface area contributed by atoms with E-state index in [4.69, 9.17) is 5.11 Å². The number of hydrogen-bond donors (Lipinski definition) is 2. The average molecular weight is 313 g/mol. The Balaban J connectivity index is 1.77. The molecule has 0 radical (unpaired) electrons. The lowest BCUT2D eigenvalue weighted by Gasteiger charge is -2.05. The van der Waals surface area contributed by atoms with Gasteiger partial charge < -0.3 is 10.4 Å². The monoisotopic (exact) mass is 313 g/mol. The van der Waals surface area contributed by atoms with Gasteiger partial charge in [0.2, 0.25) is 0 Å². The number of nitrogens with one attached hydrogen (secondary N) is 1. The topological polar surface area (TPSA) is 84.2 Å². The predicted molar refractivity (Wildman–Crippen MR) is 85.8 cm³/mol. The van der Waals surface area contributed by atoms with E-state index in [1.54, 1.807) is 23.9 Å². The van der Waals surface area contributed by atoms with E-state index in [2.05, 4.69) is 10.4 Å². The molecule has 0 atom stereocenters. The summed E-state index contributed by atoms with van der Waals surface area (Å²) in [6, 6.07) is 7.89. The molecule has 0 spiro atoms. The predicted octanol–water partition coefficient (Wildman–Crippen LogP) is 3.03. The summed E-state index contributed by atoms with van der Waals surface area (Å²) in [6.07, 6.45) is 4.74. The van der Waals surface area contributed by atoms with Crippen LogP contribution in [0.25, 0.3) is 0 Å². The maximum absolute atomic E-state index is 12.3. The van der Waals surface area contributed by atoms with E-state index >= 15 is 0 Å². The fraction of sp³-hybridized carbons (Fsp3) is 0.353. The molecule has 2 N–H and O–H groups in total. The molecule has 6 nitrogen and oxygen atoms in total. The number of nitrogens with zero attached hydrogens (tertiary/aromatic N) is 2. The van der Waals surface area contributed by atoms with Gasteiger partial charge in [-0.15, -0.1) is 0 Å². The Morgan fingerprint density at radius 1 is 1.22 bits per heavy atom. The molecule has 3 rings (SSSR count). The van der Waals surface area contributed by atoms with Crippen LogP contribution in [0.5, 0.6) is 0 Å². The zero-order valence-electron chi connectivity index (χ0n) is 13.0. The third-order valence-corrected chi connectivity index (χ3v) is 4.29. The van der Waals surface area contributed by atoms with Crippen molar-refractivity contribution < 1.29 is 14.7 Å². The Labute approximate surface area is 134 Å². The van der Waals surface area contributed by atoms with E-state index in [0.717, 1.165) is 18.5 Å². The first-order valence-electron chi connectivity index (χ1n) is 7.73. The molecule has 0 bridgehead atoms. The third kappa shape index (κ3) is 3.26. The molecule has 6 heteroatoms. The summed E-state index contributed by atoms with van der Waals surface area (Å²) >= 11 is 0. The van der Waals surface area contributed by atoms with Crippen LogP contribution in [0.2, 0.25) is 0 Å². The van der Waals surface area contributed by atoms with Crippen molar-refractivity contribution in [2.45, 2.75) is 31.6 Å². The number of benzene rings is 1. The van der Waals surface area contributed by atoms with Gasteiger partial charge in [0.1, 0.15) is 5.82 Å². The van der Waals surface area contributed by atoms with Gasteiger partial charge in [-0.2, -0.15) is 5.10 Å². The number of aromatic nitrogens is 2. The summed E-state index contributed by atoms with van der Waals surface area (Å²) in [4.78, 5) is 23.3. The van der Waals surface area contributed by atoms with E-state index < -0.39 is 5.97 Å². The molecule has 2 aromatic rings. The number of carbonyl (C=O) groups excluding carboxylic acids is 1. The van der Waals surface area contributed by atoms with Crippen LogP contribution in [0.15, 0.2) is 30.3 Å². The van der Waals surface area contributed by atoms with E-state index in [1.165, 1.54) is 25.0 Å². The number of carbonyl (C=O) groups is 2. The molecule has 23 heavy (non-hydrogen) atoms. The minimum absolute atomic E-state index is 0.0919. The van der Waals surface area contributed by atoms with Crippen molar-refractivity contribution in [2.75, 3.05) is 5.32 Å². The summed E-state index contributed by atoms with van der Waals surface area (Å²) < 4.78 is 1.66. The van der Waals surface area contributed by atoms with Crippen LogP contribution in [-0.2, 0) is 7.05 Å². The van der Waals surface area contributed by atoms with Gasteiger partial charge in [0.25, 0.3) is 5.91 Å². The summed E-state index contributed by atoms with van der Waals surface area (Å²) in [6.45, 7) is 0. The molecule has 0 saturated heterocycles. The largest absolute Gasteiger partial charge is 0.478 e. The highest BCUT2D eigenvalue weighted by molar-refractivity contribution is 6.05. The Bertz CT molecular complexity index is 745. The minimum atomic E-state index is -1.05. The van der Waals surface area contributed by atoms with E-state index in [1.807, 2.05) is 6.07 Å². The zero-order chi connectivity index (χ0) is 16.4. The Kier molecular flexibility index (Phi) is 4.14. The Morgan fingerprint density at radius 3 is 2.61 bits per heavy atom. The molecule has 1 fully saturated rings. The smallest absolute Gasteiger partial charge is 0.335 e. The first-order valence-corrected chi connectivity index (χ1v) is 7.73. The molecule has 1 heterocycles. The molecule has 1 aromatic heterocycles. The number of amides is 1. The fourth-order valence-electron chi connectivity index (χ4n) is 3.01. The molecule has 1 amide bonds. The number of anilines is 1. The maximum Gasteiger partial charge on any atom is 0.335 e. The van der Waals surface area contributed by atoms with Gasteiger partial charge in [0.15, 0.2) is 0 Å². The highest BCUT2D eigenvalue weighted by Gasteiger charge is 2.21. The van der Waals surface area contributed by atoms with E-state index in [-0.39, 0.29) is 11.5 Å². The lowest BCUT2D eigenvalue weighted by atomic mass is 10.0. The highest BCUT2D eigenvalue weighted by Crippen LogP contribution is 2.34. The molecule has 120 valence electrons.